The van der Waals surface area contributed by atoms with Gasteiger partial charge in [-0.3, -0.25) is 0 Å². The highest BCUT2D eigenvalue weighted by atomic mass is 15.1. The van der Waals surface area contributed by atoms with Crippen molar-refractivity contribution in [3.05, 3.63) is 35.9 Å². The Labute approximate surface area is 111 Å². The highest BCUT2D eigenvalue weighted by Crippen LogP contribution is 2.20. The molecule has 1 aromatic carbocycles. The normalized spacial score (nSPS) is 12.3. The average Bonchev–Trinajstić information content (AvgIpc) is 2.44. The van der Waals surface area contributed by atoms with Crippen molar-refractivity contribution < 1.29 is 0 Å². The summed E-state index contributed by atoms with van der Waals surface area (Å²) in [5.74, 6) is 0.0582. The van der Waals surface area contributed by atoms with Crippen LogP contribution in [-0.2, 0) is 0 Å². The maximum atomic E-state index is 9.22. The lowest BCUT2D eigenvalue weighted by Crippen LogP contribution is -2.23. The summed E-state index contributed by atoms with van der Waals surface area (Å²) in [6.07, 6.45) is 3.29. The van der Waals surface area contributed by atoms with Gasteiger partial charge in [0.25, 0.3) is 0 Å². The van der Waals surface area contributed by atoms with Crippen LogP contribution in [-0.4, -0.2) is 24.5 Å². The molecule has 0 saturated carbocycles. The summed E-state index contributed by atoms with van der Waals surface area (Å²) in [5.41, 5.74) is 1.16. The van der Waals surface area contributed by atoms with Gasteiger partial charge >= 0.3 is 0 Å². The van der Waals surface area contributed by atoms with Gasteiger partial charge in [-0.15, -0.1) is 0 Å². The Morgan fingerprint density at radius 2 is 1.78 bits per heavy atom. The first-order valence-electron chi connectivity index (χ1n) is 6.98. The number of hydrogen-bond donors (Lipinski definition) is 0. The van der Waals surface area contributed by atoms with Gasteiger partial charge in [0.15, 0.2) is 0 Å². The van der Waals surface area contributed by atoms with Gasteiger partial charge in [-0.1, -0.05) is 50.6 Å². The van der Waals surface area contributed by atoms with E-state index in [-0.39, 0.29) is 5.92 Å². The molecule has 0 N–H and O–H groups in total. The molecule has 1 atom stereocenters. The minimum Gasteiger partial charge on any atom is -0.304 e. The molecule has 2 nitrogen and oxygen atoms in total. The molecule has 0 aliphatic carbocycles. The lowest BCUT2D eigenvalue weighted by molar-refractivity contribution is 0.295. The molecule has 1 rings (SSSR count). The number of nitrogens with zero attached hydrogens (tertiary/aromatic N) is 2. The van der Waals surface area contributed by atoms with Crippen LogP contribution >= 0.6 is 0 Å². The van der Waals surface area contributed by atoms with Crippen LogP contribution in [0.5, 0.6) is 0 Å². The van der Waals surface area contributed by atoms with Crippen molar-refractivity contribution in [2.45, 2.75) is 39.0 Å². The molecule has 0 saturated heterocycles. The van der Waals surface area contributed by atoms with Crippen molar-refractivity contribution in [1.29, 1.82) is 5.26 Å². The molecule has 2 heteroatoms. The van der Waals surface area contributed by atoms with Crippen LogP contribution in [0, 0.1) is 11.3 Å². The SMILES string of the molecule is CCN(CC)CCCCC(C#N)c1ccccc1. The molecular weight excluding hydrogens is 220 g/mol. The first-order valence-corrected chi connectivity index (χ1v) is 6.98. The van der Waals surface area contributed by atoms with Crippen LogP contribution in [0.15, 0.2) is 30.3 Å². The summed E-state index contributed by atoms with van der Waals surface area (Å²) in [7, 11) is 0. The van der Waals surface area contributed by atoms with E-state index in [4.69, 9.17) is 0 Å². The predicted molar refractivity (Wildman–Crippen MR) is 76.4 cm³/mol. The highest BCUT2D eigenvalue weighted by molar-refractivity contribution is 5.24. The molecule has 18 heavy (non-hydrogen) atoms. The van der Waals surface area contributed by atoms with Gasteiger partial charge in [-0.25, -0.2) is 0 Å². The van der Waals surface area contributed by atoms with Gasteiger partial charge in [0.05, 0.1) is 12.0 Å². The van der Waals surface area contributed by atoms with Crippen LogP contribution in [0.3, 0.4) is 0 Å². The molecule has 0 radical (unpaired) electrons. The Balaban J connectivity index is 2.31. The Morgan fingerprint density at radius 1 is 1.11 bits per heavy atom. The fraction of sp³-hybridized carbons (Fsp3) is 0.562. The molecule has 0 heterocycles. The number of hydrogen-bond acceptors (Lipinski definition) is 2. The lowest BCUT2D eigenvalue weighted by Gasteiger charge is -2.18. The molecule has 0 aliphatic rings. The van der Waals surface area contributed by atoms with Gasteiger partial charge in [-0.05, 0) is 38.0 Å². The Morgan fingerprint density at radius 3 is 2.33 bits per heavy atom. The van der Waals surface area contributed by atoms with Crippen LogP contribution in [0.25, 0.3) is 0 Å². The first kappa shape index (κ1) is 14.7. The second kappa shape index (κ2) is 8.72. The van der Waals surface area contributed by atoms with Crippen molar-refractivity contribution in [1.82, 2.24) is 4.90 Å². The maximum Gasteiger partial charge on any atom is 0.0712 e. The van der Waals surface area contributed by atoms with Gasteiger partial charge < -0.3 is 4.90 Å². The summed E-state index contributed by atoms with van der Waals surface area (Å²) >= 11 is 0. The molecule has 0 bridgehead atoms. The Bertz CT molecular complexity index is 349. The van der Waals surface area contributed by atoms with E-state index < -0.39 is 0 Å². The molecule has 0 aliphatic heterocycles. The van der Waals surface area contributed by atoms with Crippen LogP contribution in [0.2, 0.25) is 0 Å². The van der Waals surface area contributed by atoms with Crippen LogP contribution < -0.4 is 0 Å². The molecule has 98 valence electrons. The molecule has 0 amide bonds. The largest absolute Gasteiger partial charge is 0.304 e. The molecular formula is C16H24N2. The van der Waals surface area contributed by atoms with Crippen molar-refractivity contribution in [2.24, 2.45) is 0 Å². The number of unbranched alkanes of at least 4 members (excludes halogenated alkanes) is 1. The maximum absolute atomic E-state index is 9.22. The van der Waals surface area contributed by atoms with Crippen molar-refractivity contribution in [2.75, 3.05) is 19.6 Å². The third-order valence-electron chi connectivity index (χ3n) is 3.47. The summed E-state index contributed by atoms with van der Waals surface area (Å²) in [4.78, 5) is 2.43. The molecule has 0 spiro atoms. The van der Waals surface area contributed by atoms with Gasteiger partial charge in [0.1, 0.15) is 0 Å². The monoisotopic (exact) mass is 244 g/mol. The van der Waals surface area contributed by atoms with Crippen molar-refractivity contribution in [3.63, 3.8) is 0 Å². The lowest BCUT2D eigenvalue weighted by atomic mass is 9.95. The first-order chi connectivity index (χ1) is 8.81. The fourth-order valence-electron chi connectivity index (χ4n) is 2.21. The number of nitriles is 1. The zero-order chi connectivity index (χ0) is 13.2. The molecule has 0 fully saturated rings. The summed E-state index contributed by atoms with van der Waals surface area (Å²) < 4.78 is 0. The van der Waals surface area contributed by atoms with Crippen LogP contribution in [0.1, 0.15) is 44.6 Å². The smallest absolute Gasteiger partial charge is 0.0712 e. The zero-order valence-corrected chi connectivity index (χ0v) is 11.6. The fourth-order valence-corrected chi connectivity index (χ4v) is 2.21. The van der Waals surface area contributed by atoms with Gasteiger partial charge in [0, 0.05) is 0 Å². The molecule has 0 aromatic heterocycles. The number of rotatable bonds is 8. The van der Waals surface area contributed by atoms with Crippen LogP contribution in [0.4, 0.5) is 0 Å². The van der Waals surface area contributed by atoms with Gasteiger partial charge in [0.2, 0.25) is 0 Å². The second-order valence-corrected chi connectivity index (χ2v) is 4.62. The van der Waals surface area contributed by atoms with E-state index in [9.17, 15) is 5.26 Å². The summed E-state index contributed by atoms with van der Waals surface area (Å²) in [6.45, 7) is 7.80. The molecule has 1 unspecified atom stereocenters. The van der Waals surface area contributed by atoms with E-state index in [1.807, 2.05) is 18.2 Å². The van der Waals surface area contributed by atoms with Gasteiger partial charge in [-0.2, -0.15) is 5.26 Å². The molecule has 1 aromatic rings. The summed E-state index contributed by atoms with van der Waals surface area (Å²) in [5, 5.41) is 9.22. The highest BCUT2D eigenvalue weighted by Gasteiger charge is 2.09. The Hall–Kier alpha value is -1.33. The Kier molecular flexibility index (Phi) is 7.13. The van der Waals surface area contributed by atoms with E-state index in [1.54, 1.807) is 0 Å². The van der Waals surface area contributed by atoms with E-state index in [2.05, 4.69) is 36.9 Å². The topological polar surface area (TPSA) is 27.0 Å². The van der Waals surface area contributed by atoms with E-state index in [0.717, 1.165) is 38.0 Å². The second-order valence-electron chi connectivity index (χ2n) is 4.62. The minimum atomic E-state index is 0.0582. The average molecular weight is 244 g/mol. The zero-order valence-electron chi connectivity index (χ0n) is 11.6. The predicted octanol–water partition coefficient (Wildman–Crippen LogP) is 3.81. The number of benzene rings is 1. The summed E-state index contributed by atoms with van der Waals surface area (Å²) in [6, 6.07) is 12.5. The van der Waals surface area contributed by atoms with E-state index >= 15 is 0 Å². The quantitative estimate of drug-likeness (QED) is 0.650. The van der Waals surface area contributed by atoms with E-state index in [0.29, 0.717) is 0 Å². The van der Waals surface area contributed by atoms with Crippen molar-refractivity contribution >= 4 is 0 Å². The third kappa shape index (κ3) is 4.89. The third-order valence-corrected chi connectivity index (χ3v) is 3.47. The standard InChI is InChI=1S/C16H24N2/c1-3-18(4-2)13-9-8-12-16(14-17)15-10-6-5-7-11-15/h5-7,10-11,16H,3-4,8-9,12-13H2,1-2H3. The van der Waals surface area contributed by atoms with Crippen molar-refractivity contribution in [3.8, 4) is 6.07 Å². The van der Waals surface area contributed by atoms with E-state index in [1.165, 1.54) is 6.42 Å². The minimum absolute atomic E-state index is 0.0582.